The number of anilines is 2. The Morgan fingerprint density at radius 3 is 2.65 bits per heavy atom. The number of halogens is 2. The number of amides is 1. The fraction of sp³-hybridized carbons (Fsp3) is 0.278. The number of carbonyl (C=O) groups excluding carboxylic acids is 2. The van der Waals surface area contributed by atoms with Gasteiger partial charge >= 0.3 is 5.97 Å². The monoisotopic (exact) mass is 393 g/mol. The molecule has 8 heteroatoms. The Labute approximate surface area is 160 Å². The van der Waals surface area contributed by atoms with Gasteiger partial charge in [-0.2, -0.15) is 0 Å². The Hall–Kier alpha value is -2.31. The topological polar surface area (TPSA) is 80.3 Å². The molecule has 1 aliphatic carbocycles. The number of aromatic nitrogens is 1. The number of nitrogens with one attached hydrogen (secondary N) is 2. The maximum absolute atomic E-state index is 12.2. The number of ether oxygens (including phenoxy) is 1. The average molecular weight is 394 g/mol. The van der Waals surface area contributed by atoms with Gasteiger partial charge in [0.2, 0.25) is 0 Å². The van der Waals surface area contributed by atoms with Crippen LogP contribution >= 0.6 is 23.2 Å². The van der Waals surface area contributed by atoms with Crippen LogP contribution in [0.5, 0.6) is 0 Å². The van der Waals surface area contributed by atoms with E-state index < -0.39 is 18.0 Å². The molecular formula is C18H17Cl2N3O3. The summed E-state index contributed by atoms with van der Waals surface area (Å²) in [6.45, 7) is 1.47. The summed E-state index contributed by atoms with van der Waals surface area (Å²) in [5.74, 6) is -0.428. The van der Waals surface area contributed by atoms with Gasteiger partial charge in [0.1, 0.15) is 5.82 Å². The van der Waals surface area contributed by atoms with Gasteiger partial charge < -0.3 is 15.4 Å². The van der Waals surface area contributed by atoms with Gasteiger partial charge in [-0.15, -0.1) is 0 Å². The third-order valence-electron chi connectivity index (χ3n) is 3.77. The van der Waals surface area contributed by atoms with Crippen molar-refractivity contribution in [3.63, 3.8) is 0 Å². The van der Waals surface area contributed by atoms with Gasteiger partial charge in [0.25, 0.3) is 5.91 Å². The van der Waals surface area contributed by atoms with E-state index in [0.29, 0.717) is 27.6 Å². The molecule has 1 aromatic carbocycles. The molecule has 0 spiro atoms. The van der Waals surface area contributed by atoms with Crippen molar-refractivity contribution >= 4 is 46.6 Å². The minimum atomic E-state index is -1.01. The zero-order chi connectivity index (χ0) is 18.7. The number of nitrogens with zero attached hydrogens (tertiary/aromatic N) is 1. The molecule has 0 bridgehead atoms. The molecule has 2 N–H and O–H groups in total. The second kappa shape index (κ2) is 7.93. The van der Waals surface area contributed by atoms with Crippen LogP contribution in [-0.4, -0.2) is 29.0 Å². The number of hydrogen-bond acceptors (Lipinski definition) is 5. The van der Waals surface area contributed by atoms with Crippen molar-refractivity contribution in [2.75, 3.05) is 10.6 Å². The van der Waals surface area contributed by atoms with Crippen molar-refractivity contribution in [3.8, 4) is 0 Å². The third kappa shape index (κ3) is 4.86. The zero-order valence-corrected chi connectivity index (χ0v) is 15.5. The first-order valence-corrected chi connectivity index (χ1v) is 8.87. The predicted octanol–water partition coefficient (Wildman–Crippen LogP) is 4.15. The summed E-state index contributed by atoms with van der Waals surface area (Å²) in [6, 6.07) is 8.49. The van der Waals surface area contributed by atoms with Gasteiger partial charge in [0.05, 0.1) is 16.3 Å². The molecule has 1 aliphatic rings. The van der Waals surface area contributed by atoms with Crippen LogP contribution in [0.1, 0.15) is 30.1 Å². The summed E-state index contributed by atoms with van der Waals surface area (Å²) in [5, 5.41) is 6.58. The van der Waals surface area contributed by atoms with E-state index in [4.69, 9.17) is 27.9 Å². The first kappa shape index (κ1) is 18.5. The molecule has 0 radical (unpaired) electrons. The van der Waals surface area contributed by atoms with Crippen molar-refractivity contribution in [3.05, 3.63) is 52.1 Å². The van der Waals surface area contributed by atoms with Crippen LogP contribution in [0.3, 0.4) is 0 Å². The minimum absolute atomic E-state index is 0.270. The Kier molecular flexibility index (Phi) is 5.64. The molecule has 1 amide bonds. The Morgan fingerprint density at radius 2 is 2.00 bits per heavy atom. The Morgan fingerprint density at radius 1 is 1.23 bits per heavy atom. The molecule has 2 aromatic rings. The lowest BCUT2D eigenvalue weighted by atomic mass is 10.2. The lowest BCUT2D eigenvalue weighted by Gasteiger charge is -2.14. The Bertz CT molecular complexity index is 823. The fourth-order valence-corrected chi connectivity index (χ4v) is 2.48. The normalized spacial score (nSPS) is 14.4. The van der Waals surface area contributed by atoms with Crippen molar-refractivity contribution in [2.45, 2.75) is 31.9 Å². The quantitative estimate of drug-likeness (QED) is 0.720. The van der Waals surface area contributed by atoms with E-state index in [-0.39, 0.29) is 5.56 Å². The molecule has 3 rings (SSSR count). The van der Waals surface area contributed by atoms with Gasteiger partial charge in [-0.05, 0) is 50.1 Å². The summed E-state index contributed by atoms with van der Waals surface area (Å²) in [4.78, 5) is 28.6. The van der Waals surface area contributed by atoms with Crippen molar-refractivity contribution in [1.29, 1.82) is 0 Å². The zero-order valence-electron chi connectivity index (χ0n) is 14.0. The van der Waals surface area contributed by atoms with E-state index in [1.807, 2.05) is 0 Å². The van der Waals surface area contributed by atoms with Gasteiger partial charge in [0.15, 0.2) is 6.10 Å². The van der Waals surface area contributed by atoms with E-state index in [2.05, 4.69) is 15.6 Å². The molecule has 1 fully saturated rings. The van der Waals surface area contributed by atoms with Gasteiger partial charge in [-0.3, -0.25) is 4.79 Å². The average Bonchev–Trinajstić information content (AvgIpc) is 3.42. The standard InChI is InChI=1S/C18H17Cl2N3O3/c1-10(17(24)23-15-8-12(19)3-6-14(15)20)26-18(25)11-2-7-16(21-9-11)22-13-4-5-13/h2-3,6-10,13H,4-5H2,1H3,(H,21,22)(H,23,24). The molecule has 1 aromatic heterocycles. The highest BCUT2D eigenvalue weighted by molar-refractivity contribution is 6.35. The summed E-state index contributed by atoms with van der Waals surface area (Å²) in [6.07, 6.45) is 2.68. The summed E-state index contributed by atoms with van der Waals surface area (Å²) >= 11 is 11.9. The first-order valence-electron chi connectivity index (χ1n) is 8.12. The SMILES string of the molecule is CC(OC(=O)c1ccc(NC2CC2)nc1)C(=O)Nc1cc(Cl)ccc1Cl. The van der Waals surface area contributed by atoms with E-state index in [1.54, 1.807) is 24.3 Å². The van der Waals surface area contributed by atoms with E-state index >= 15 is 0 Å². The van der Waals surface area contributed by atoms with Crippen LogP contribution in [0.4, 0.5) is 11.5 Å². The number of esters is 1. The van der Waals surface area contributed by atoms with Crippen LogP contribution < -0.4 is 10.6 Å². The van der Waals surface area contributed by atoms with Gasteiger partial charge in [-0.25, -0.2) is 9.78 Å². The molecule has 0 saturated heterocycles. The molecule has 1 unspecified atom stereocenters. The lowest BCUT2D eigenvalue weighted by molar-refractivity contribution is -0.123. The number of benzene rings is 1. The second-order valence-electron chi connectivity index (χ2n) is 6.01. The number of hydrogen-bond donors (Lipinski definition) is 2. The van der Waals surface area contributed by atoms with Gasteiger partial charge in [-0.1, -0.05) is 23.2 Å². The van der Waals surface area contributed by atoms with E-state index in [1.165, 1.54) is 19.2 Å². The smallest absolute Gasteiger partial charge is 0.340 e. The van der Waals surface area contributed by atoms with Gasteiger partial charge in [0, 0.05) is 17.3 Å². The number of rotatable bonds is 6. The second-order valence-corrected chi connectivity index (χ2v) is 6.86. The molecule has 1 atom stereocenters. The molecule has 6 nitrogen and oxygen atoms in total. The Balaban J connectivity index is 1.57. The van der Waals surface area contributed by atoms with Crippen LogP contribution in [-0.2, 0) is 9.53 Å². The molecular weight excluding hydrogens is 377 g/mol. The molecule has 26 heavy (non-hydrogen) atoms. The predicted molar refractivity (Wildman–Crippen MR) is 101 cm³/mol. The molecule has 0 aliphatic heterocycles. The summed E-state index contributed by atoms with van der Waals surface area (Å²) in [5.41, 5.74) is 0.621. The molecule has 136 valence electrons. The lowest BCUT2D eigenvalue weighted by Crippen LogP contribution is -2.30. The van der Waals surface area contributed by atoms with E-state index in [0.717, 1.165) is 12.8 Å². The maximum atomic E-state index is 12.2. The number of pyridine rings is 1. The van der Waals surface area contributed by atoms with Crippen LogP contribution in [0, 0.1) is 0 Å². The highest BCUT2D eigenvalue weighted by Gasteiger charge is 2.22. The van der Waals surface area contributed by atoms with Crippen LogP contribution in [0.25, 0.3) is 0 Å². The summed E-state index contributed by atoms with van der Waals surface area (Å²) < 4.78 is 5.19. The first-order chi connectivity index (χ1) is 12.4. The largest absolute Gasteiger partial charge is 0.449 e. The highest BCUT2D eigenvalue weighted by atomic mass is 35.5. The third-order valence-corrected chi connectivity index (χ3v) is 4.33. The minimum Gasteiger partial charge on any atom is -0.449 e. The van der Waals surface area contributed by atoms with Crippen LogP contribution in [0.15, 0.2) is 36.5 Å². The van der Waals surface area contributed by atoms with Crippen molar-refractivity contribution in [2.24, 2.45) is 0 Å². The van der Waals surface area contributed by atoms with E-state index in [9.17, 15) is 9.59 Å². The maximum Gasteiger partial charge on any atom is 0.340 e. The van der Waals surface area contributed by atoms with Crippen LogP contribution in [0.2, 0.25) is 10.0 Å². The number of carbonyl (C=O) groups is 2. The molecule has 1 heterocycles. The van der Waals surface area contributed by atoms with Crippen molar-refractivity contribution < 1.29 is 14.3 Å². The molecule has 1 saturated carbocycles. The summed E-state index contributed by atoms with van der Waals surface area (Å²) in [7, 11) is 0. The van der Waals surface area contributed by atoms with Crippen molar-refractivity contribution in [1.82, 2.24) is 4.98 Å². The fourth-order valence-electron chi connectivity index (χ4n) is 2.15. The highest BCUT2D eigenvalue weighted by Crippen LogP contribution is 2.26.